The number of nitrogens with one attached hydrogen (secondary N) is 2. The second kappa shape index (κ2) is 8.31. The number of carbonyl (C=O) groups is 3. The van der Waals surface area contributed by atoms with E-state index in [0.29, 0.717) is 6.42 Å². The first kappa shape index (κ1) is 24.1. The Labute approximate surface area is 200 Å². The molecule has 6 atom stereocenters. The van der Waals surface area contributed by atoms with Gasteiger partial charge < -0.3 is 20.6 Å². The van der Waals surface area contributed by atoms with Gasteiger partial charge in [-0.05, 0) is 50.7 Å². The maximum absolute atomic E-state index is 14.0. The molecule has 3 amide bonds. The third-order valence-corrected chi connectivity index (χ3v) is 10.0. The number of nitrogens with zero attached hydrogens (tertiary/aromatic N) is 1. The zero-order chi connectivity index (χ0) is 24.3. The highest BCUT2D eigenvalue weighted by atomic mass is 32.2. The number of para-hydroxylation sites is 1. The van der Waals surface area contributed by atoms with Crippen LogP contribution in [-0.4, -0.2) is 63.0 Å². The second-order valence-electron chi connectivity index (χ2n) is 10.3. The number of amides is 3. The van der Waals surface area contributed by atoms with E-state index in [-0.39, 0.29) is 30.2 Å². The van der Waals surface area contributed by atoms with Crippen molar-refractivity contribution in [2.45, 2.75) is 69.0 Å². The molecule has 2 bridgehead atoms. The van der Waals surface area contributed by atoms with Crippen LogP contribution in [0, 0.1) is 31.6 Å². The lowest BCUT2D eigenvalue weighted by atomic mass is 9.66. The van der Waals surface area contributed by atoms with E-state index in [4.69, 9.17) is 0 Å². The molecule has 0 saturated carbocycles. The molecule has 3 fully saturated rings. The molecule has 3 heterocycles. The van der Waals surface area contributed by atoms with Crippen LogP contribution in [0.3, 0.4) is 0 Å². The van der Waals surface area contributed by atoms with E-state index in [9.17, 15) is 19.5 Å². The smallest absolute Gasteiger partial charge is 0.248 e. The maximum Gasteiger partial charge on any atom is 0.248 e. The number of hydrogen-bond acceptors (Lipinski definition) is 5. The number of aliphatic hydroxyl groups is 1. The van der Waals surface area contributed by atoms with Gasteiger partial charge in [-0.25, -0.2) is 0 Å². The van der Waals surface area contributed by atoms with Gasteiger partial charge >= 0.3 is 0 Å². The lowest BCUT2D eigenvalue weighted by molar-refractivity contribution is -0.143. The third-order valence-electron chi connectivity index (χ3n) is 8.03. The highest BCUT2D eigenvalue weighted by Crippen LogP contribution is 2.71. The molecule has 180 valence electrons. The third kappa shape index (κ3) is 3.40. The van der Waals surface area contributed by atoms with Crippen LogP contribution in [0.2, 0.25) is 0 Å². The fourth-order valence-electron chi connectivity index (χ4n) is 6.40. The van der Waals surface area contributed by atoms with Crippen molar-refractivity contribution in [1.29, 1.82) is 0 Å². The Morgan fingerprint density at radius 1 is 1.21 bits per heavy atom. The molecule has 1 spiro atoms. The van der Waals surface area contributed by atoms with Gasteiger partial charge in [0, 0.05) is 17.5 Å². The van der Waals surface area contributed by atoms with Crippen molar-refractivity contribution >= 4 is 35.2 Å². The number of aryl methyl sites for hydroxylation is 2. The lowest BCUT2D eigenvalue weighted by Crippen LogP contribution is -2.56. The van der Waals surface area contributed by atoms with Gasteiger partial charge in [-0.2, -0.15) is 0 Å². The molecule has 3 saturated heterocycles. The molecule has 3 aliphatic heterocycles. The summed E-state index contributed by atoms with van der Waals surface area (Å²) in [6.07, 6.45) is 1.46. The van der Waals surface area contributed by atoms with E-state index in [0.717, 1.165) is 23.2 Å². The average molecular weight is 474 g/mol. The number of hydrogen-bond donors (Lipinski definition) is 3. The summed E-state index contributed by atoms with van der Waals surface area (Å²) >= 11 is 1.64. The summed E-state index contributed by atoms with van der Waals surface area (Å²) < 4.78 is -1.08. The van der Waals surface area contributed by atoms with Gasteiger partial charge in [-0.1, -0.05) is 32.0 Å². The normalized spacial score (nSPS) is 33.4. The van der Waals surface area contributed by atoms with E-state index >= 15 is 0 Å². The molecule has 3 N–H and O–H groups in total. The summed E-state index contributed by atoms with van der Waals surface area (Å²) in [7, 11) is 1.60. The Kier molecular flexibility index (Phi) is 6.06. The zero-order valence-corrected chi connectivity index (χ0v) is 21.1. The molecule has 3 aliphatic rings. The van der Waals surface area contributed by atoms with Gasteiger partial charge in [0.05, 0.1) is 29.2 Å². The summed E-state index contributed by atoms with van der Waals surface area (Å²) in [6.45, 7) is 9.61. The van der Waals surface area contributed by atoms with Gasteiger partial charge in [0.1, 0.15) is 6.04 Å². The number of anilines is 1. The van der Waals surface area contributed by atoms with Crippen molar-refractivity contribution in [3.05, 3.63) is 29.3 Å². The number of carbonyl (C=O) groups excluding carboxylic acids is 3. The van der Waals surface area contributed by atoms with Gasteiger partial charge in [-0.15, -0.1) is 11.8 Å². The van der Waals surface area contributed by atoms with Crippen LogP contribution in [0.1, 0.15) is 44.7 Å². The fourth-order valence-corrected chi connectivity index (χ4v) is 8.74. The molecule has 0 radical (unpaired) electrons. The monoisotopic (exact) mass is 473 g/mol. The predicted molar refractivity (Wildman–Crippen MR) is 130 cm³/mol. The Bertz CT molecular complexity index is 978. The number of rotatable bonds is 6. The van der Waals surface area contributed by atoms with Gasteiger partial charge in [0.15, 0.2) is 0 Å². The molecular weight excluding hydrogens is 438 g/mol. The number of aliphatic hydroxyl groups excluding tert-OH is 1. The molecule has 2 unspecified atom stereocenters. The Morgan fingerprint density at radius 2 is 1.85 bits per heavy atom. The fraction of sp³-hybridized carbons (Fsp3) is 0.640. The van der Waals surface area contributed by atoms with Crippen molar-refractivity contribution in [2.75, 3.05) is 19.0 Å². The first-order valence-corrected chi connectivity index (χ1v) is 12.6. The highest BCUT2D eigenvalue weighted by molar-refractivity contribution is 8.02. The molecule has 0 aromatic heterocycles. The first-order valence-electron chi connectivity index (χ1n) is 11.7. The van der Waals surface area contributed by atoms with E-state index in [1.807, 2.05) is 45.9 Å². The largest absolute Gasteiger partial charge is 0.394 e. The minimum atomic E-state index is -0.755. The van der Waals surface area contributed by atoms with Crippen LogP contribution in [0.15, 0.2) is 18.2 Å². The number of likely N-dealkylation sites (tertiary alicyclic amines) is 1. The summed E-state index contributed by atoms with van der Waals surface area (Å²) in [4.78, 5) is 42.6. The summed E-state index contributed by atoms with van der Waals surface area (Å²) in [5.41, 5.74) is 2.66. The molecule has 1 aromatic rings. The van der Waals surface area contributed by atoms with Crippen LogP contribution >= 0.6 is 11.8 Å². The van der Waals surface area contributed by atoms with E-state index in [1.54, 1.807) is 23.7 Å². The molecule has 8 heteroatoms. The molecule has 33 heavy (non-hydrogen) atoms. The molecule has 7 nitrogen and oxygen atoms in total. The zero-order valence-electron chi connectivity index (χ0n) is 20.3. The summed E-state index contributed by atoms with van der Waals surface area (Å²) in [5, 5.41) is 16.1. The molecular formula is C25H35N3O4S. The maximum atomic E-state index is 14.0. The summed E-state index contributed by atoms with van der Waals surface area (Å²) in [5.74, 6) is -1.69. The lowest BCUT2D eigenvalue weighted by Gasteiger charge is -2.38. The van der Waals surface area contributed by atoms with E-state index in [1.165, 1.54) is 0 Å². The minimum absolute atomic E-state index is 0.0408. The Morgan fingerprint density at radius 3 is 2.39 bits per heavy atom. The quantitative estimate of drug-likeness (QED) is 0.590. The number of fused-ring (bicyclic) bond motifs is 1. The molecule has 0 aliphatic carbocycles. The van der Waals surface area contributed by atoms with Crippen molar-refractivity contribution in [3.63, 3.8) is 0 Å². The van der Waals surface area contributed by atoms with Crippen LogP contribution in [0.4, 0.5) is 5.69 Å². The summed E-state index contributed by atoms with van der Waals surface area (Å²) in [6, 6.07) is 4.60. The molecule has 4 rings (SSSR count). The highest BCUT2D eigenvalue weighted by Gasteiger charge is 2.77. The Balaban J connectivity index is 1.82. The number of benzene rings is 1. The van der Waals surface area contributed by atoms with Crippen molar-refractivity contribution in [2.24, 2.45) is 17.8 Å². The van der Waals surface area contributed by atoms with Gasteiger partial charge in [-0.3, -0.25) is 14.4 Å². The van der Waals surface area contributed by atoms with Crippen LogP contribution in [-0.2, 0) is 14.4 Å². The van der Waals surface area contributed by atoms with Crippen molar-refractivity contribution < 1.29 is 19.5 Å². The average Bonchev–Trinajstić information content (AvgIpc) is 3.32. The van der Waals surface area contributed by atoms with E-state index < -0.39 is 33.4 Å². The van der Waals surface area contributed by atoms with Crippen LogP contribution in [0.25, 0.3) is 0 Å². The van der Waals surface area contributed by atoms with Crippen LogP contribution < -0.4 is 10.6 Å². The van der Waals surface area contributed by atoms with Crippen molar-refractivity contribution in [3.8, 4) is 0 Å². The van der Waals surface area contributed by atoms with E-state index in [2.05, 4.69) is 17.6 Å². The van der Waals surface area contributed by atoms with Crippen molar-refractivity contribution in [1.82, 2.24) is 10.2 Å². The topological polar surface area (TPSA) is 98.7 Å². The minimum Gasteiger partial charge on any atom is -0.394 e. The van der Waals surface area contributed by atoms with Crippen LogP contribution in [0.5, 0.6) is 0 Å². The Hall–Kier alpha value is -2.06. The SMILES string of the molecule is CNC(=O)[C@H]1[C@H]2C(=O)N([C@@H](CO)C(C)C)C(C(=O)Nc3c(C)cccc3C)C23CC[C@]1(C)S3. The van der Waals surface area contributed by atoms with Gasteiger partial charge in [0.25, 0.3) is 0 Å². The predicted octanol–water partition coefficient (Wildman–Crippen LogP) is 2.49. The van der Waals surface area contributed by atoms with Gasteiger partial charge in [0.2, 0.25) is 17.7 Å². The first-order chi connectivity index (χ1) is 15.5. The molecule has 1 aromatic carbocycles. The number of thioether (sulfide) groups is 1. The second-order valence-corrected chi connectivity index (χ2v) is 12.2. The standard InChI is InChI=1S/C25H35N3O4S/c1-13(2)16(12-29)28-20(22(31)27-19-14(3)8-7-9-15(19)4)25-11-10-24(5,33-25)17(21(30)26-6)18(25)23(28)32/h7-9,13,16-18,20,29H,10-12H2,1-6H3,(H,26,30)(H,27,31)/t16-,17+,18-,20?,24-,25?/m0/s1.